The molecular weight excluding hydrogens is 254 g/mol. The van der Waals surface area contributed by atoms with Crippen LogP contribution in [-0.2, 0) is 0 Å². The summed E-state index contributed by atoms with van der Waals surface area (Å²) in [6, 6.07) is 8.54. The quantitative estimate of drug-likeness (QED) is 0.847. The molecule has 1 amide bonds. The van der Waals surface area contributed by atoms with Crippen molar-refractivity contribution >= 4 is 11.6 Å². The third-order valence-electron chi connectivity index (χ3n) is 2.67. The number of ether oxygens (including phenoxy) is 1. The molecule has 0 aliphatic rings. The Bertz CT molecular complexity index is 582. The van der Waals surface area contributed by atoms with Crippen LogP contribution in [0.15, 0.2) is 42.7 Å². The molecule has 1 heterocycles. The Hall–Kier alpha value is -2.56. The number of carbonyl (C=O) groups is 1. The van der Waals surface area contributed by atoms with Crippen LogP contribution < -0.4 is 15.8 Å². The number of aromatic nitrogens is 1. The van der Waals surface area contributed by atoms with Gasteiger partial charge in [-0.05, 0) is 30.7 Å². The second-order valence-electron chi connectivity index (χ2n) is 4.33. The summed E-state index contributed by atoms with van der Waals surface area (Å²) in [5.41, 5.74) is 6.55. The molecule has 0 aliphatic heterocycles. The lowest BCUT2D eigenvalue weighted by atomic mass is 10.2. The molecule has 0 saturated heterocycles. The molecule has 5 nitrogen and oxygen atoms in total. The van der Waals surface area contributed by atoms with E-state index in [4.69, 9.17) is 10.5 Å². The largest absolute Gasteiger partial charge is 0.456 e. The molecule has 0 aliphatic carbocycles. The zero-order valence-corrected chi connectivity index (χ0v) is 11.3. The van der Waals surface area contributed by atoms with Gasteiger partial charge in [0.15, 0.2) is 0 Å². The highest BCUT2D eigenvalue weighted by atomic mass is 16.5. The number of amides is 1. The van der Waals surface area contributed by atoms with Crippen LogP contribution >= 0.6 is 0 Å². The van der Waals surface area contributed by atoms with Crippen molar-refractivity contribution in [2.75, 3.05) is 11.9 Å². The van der Waals surface area contributed by atoms with Gasteiger partial charge in [-0.15, -0.1) is 0 Å². The molecule has 0 spiro atoms. The van der Waals surface area contributed by atoms with Crippen molar-refractivity contribution in [3.05, 3.63) is 48.3 Å². The standard InChI is InChI=1S/C15H17N3O2/c1-2-7-18-12-8-14(10-17-9-12)20-13-5-3-11(4-6-13)15(16)19/h3-6,8-10,18H,2,7H2,1H3,(H2,16,19). The number of rotatable bonds is 6. The molecule has 104 valence electrons. The third-order valence-corrected chi connectivity index (χ3v) is 2.67. The highest BCUT2D eigenvalue weighted by Gasteiger charge is 2.02. The van der Waals surface area contributed by atoms with Gasteiger partial charge in [-0.25, -0.2) is 0 Å². The molecule has 0 unspecified atom stereocenters. The van der Waals surface area contributed by atoms with E-state index >= 15 is 0 Å². The Morgan fingerprint density at radius 2 is 2.00 bits per heavy atom. The fourth-order valence-corrected chi connectivity index (χ4v) is 1.66. The number of benzene rings is 1. The van der Waals surface area contributed by atoms with Crippen molar-refractivity contribution in [3.8, 4) is 11.5 Å². The normalized spacial score (nSPS) is 10.1. The minimum Gasteiger partial charge on any atom is -0.456 e. The van der Waals surface area contributed by atoms with Crippen LogP contribution in [-0.4, -0.2) is 17.4 Å². The van der Waals surface area contributed by atoms with Gasteiger partial charge in [0.2, 0.25) is 5.91 Å². The second-order valence-corrected chi connectivity index (χ2v) is 4.33. The first kappa shape index (κ1) is 13.9. The fraction of sp³-hybridized carbons (Fsp3) is 0.200. The maximum absolute atomic E-state index is 11.0. The maximum Gasteiger partial charge on any atom is 0.248 e. The average molecular weight is 271 g/mol. The zero-order valence-electron chi connectivity index (χ0n) is 11.3. The highest BCUT2D eigenvalue weighted by molar-refractivity contribution is 5.92. The van der Waals surface area contributed by atoms with Crippen molar-refractivity contribution in [1.82, 2.24) is 4.98 Å². The topological polar surface area (TPSA) is 77.2 Å². The zero-order chi connectivity index (χ0) is 14.4. The number of nitrogens with two attached hydrogens (primary N) is 1. The molecule has 3 N–H and O–H groups in total. The lowest BCUT2D eigenvalue weighted by Gasteiger charge is -2.08. The summed E-state index contributed by atoms with van der Waals surface area (Å²) in [5.74, 6) is 0.811. The lowest BCUT2D eigenvalue weighted by molar-refractivity contribution is 0.100. The van der Waals surface area contributed by atoms with E-state index in [1.807, 2.05) is 6.07 Å². The Kier molecular flexibility index (Phi) is 4.55. The summed E-state index contributed by atoms with van der Waals surface area (Å²) < 4.78 is 5.68. The van der Waals surface area contributed by atoms with Gasteiger partial charge in [0.25, 0.3) is 0 Å². The third kappa shape index (κ3) is 3.71. The smallest absolute Gasteiger partial charge is 0.248 e. The number of carbonyl (C=O) groups excluding carboxylic acids is 1. The summed E-state index contributed by atoms with van der Waals surface area (Å²) in [7, 11) is 0. The molecule has 0 bridgehead atoms. The van der Waals surface area contributed by atoms with E-state index in [0.717, 1.165) is 18.7 Å². The number of nitrogens with one attached hydrogen (secondary N) is 1. The minimum atomic E-state index is -0.455. The van der Waals surface area contributed by atoms with Crippen LogP contribution in [0.5, 0.6) is 11.5 Å². The van der Waals surface area contributed by atoms with Crippen molar-refractivity contribution in [3.63, 3.8) is 0 Å². The van der Waals surface area contributed by atoms with E-state index in [-0.39, 0.29) is 0 Å². The van der Waals surface area contributed by atoms with E-state index in [0.29, 0.717) is 17.1 Å². The molecule has 0 atom stereocenters. The van der Waals surface area contributed by atoms with Crippen molar-refractivity contribution < 1.29 is 9.53 Å². The van der Waals surface area contributed by atoms with Gasteiger partial charge in [0.05, 0.1) is 18.1 Å². The van der Waals surface area contributed by atoms with Crippen LogP contribution in [0.25, 0.3) is 0 Å². The van der Waals surface area contributed by atoms with E-state index in [1.54, 1.807) is 36.7 Å². The fourth-order valence-electron chi connectivity index (χ4n) is 1.66. The molecule has 20 heavy (non-hydrogen) atoms. The summed E-state index contributed by atoms with van der Waals surface area (Å²) in [6.07, 6.45) is 4.43. The number of hydrogen-bond acceptors (Lipinski definition) is 4. The summed E-state index contributed by atoms with van der Waals surface area (Å²) in [5, 5.41) is 3.24. The van der Waals surface area contributed by atoms with Gasteiger partial charge in [-0.3, -0.25) is 9.78 Å². The second kappa shape index (κ2) is 6.56. The predicted molar refractivity (Wildman–Crippen MR) is 78.1 cm³/mol. The minimum absolute atomic E-state index is 0.453. The van der Waals surface area contributed by atoms with Gasteiger partial charge in [0.1, 0.15) is 11.5 Å². The molecule has 0 fully saturated rings. The van der Waals surface area contributed by atoms with Crippen LogP contribution in [0.3, 0.4) is 0 Å². The number of anilines is 1. The van der Waals surface area contributed by atoms with E-state index < -0.39 is 5.91 Å². The first-order chi connectivity index (χ1) is 9.69. The Labute approximate surface area is 117 Å². The number of nitrogens with zero attached hydrogens (tertiary/aromatic N) is 1. The number of hydrogen-bond donors (Lipinski definition) is 2. The van der Waals surface area contributed by atoms with Crippen molar-refractivity contribution in [2.24, 2.45) is 5.73 Å². The average Bonchev–Trinajstić information content (AvgIpc) is 2.46. The summed E-state index contributed by atoms with van der Waals surface area (Å²) in [6.45, 7) is 2.99. The first-order valence-electron chi connectivity index (χ1n) is 6.45. The predicted octanol–water partition coefficient (Wildman–Crippen LogP) is 2.79. The Morgan fingerprint density at radius 3 is 2.65 bits per heavy atom. The lowest BCUT2D eigenvalue weighted by Crippen LogP contribution is -2.10. The first-order valence-corrected chi connectivity index (χ1v) is 6.45. The van der Waals surface area contributed by atoms with Gasteiger partial charge < -0.3 is 15.8 Å². The highest BCUT2D eigenvalue weighted by Crippen LogP contribution is 2.23. The Balaban J connectivity index is 2.07. The maximum atomic E-state index is 11.0. The van der Waals surface area contributed by atoms with Gasteiger partial charge in [0, 0.05) is 18.2 Å². The molecule has 1 aromatic carbocycles. The van der Waals surface area contributed by atoms with E-state index in [9.17, 15) is 4.79 Å². The monoisotopic (exact) mass is 271 g/mol. The summed E-state index contributed by atoms with van der Waals surface area (Å²) >= 11 is 0. The van der Waals surface area contributed by atoms with E-state index in [2.05, 4.69) is 17.2 Å². The number of pyridine rings is 1. The van der Waals surface area contributed by atoms with Crippen LogP contribution in [0.1, 0.15) is 23.7 Å². The van der Waals surface area contributed by atoms with Crippen LogP contribution in [0, 0.1) is 0 Å². The van der Waals surface area contributed by atoms with Crippen LogP contribution in [0.2, 0.25) is 0 Å². The molecule has 2 aromatic rings. The van der Waals surface area contributed by atoms with Crippen LogP contribution in [0.4, 0.5) is 5.69 Å². The van der Waals surface area contributed by atoms with E-state index in [1.165, 1.54) is 0 Å². The van der Waals surface area contributed by atoms with Crippen molar-refractivity contribution in [2.45, 2.75) is 13.3 Å². The SMILES string of the molecule is CCCNc1cncc(Oc2ccc(C(N)=O)cc2)c1. The van der Waals surface area contributed by atoms with Gasteiger partial charge >= 0.3 is 0 Å². The van der Waals surface area contributed by atoms with Crippen molar-refractivity contribution in [1.29, 1.82) is 0 Å². The molecule has 5 heteroatoms. The van der Waals surface area contributed by atoms with Gasteiger partial charge in [-0.2, -0.15) is 0 Å². The molecule has 1 aromatic heterocycles. The van der Waals surface area contributed by atoms with Gasteiger partial charge in [-0.1, -0.05) is 6.92 Å². The molecule has 0 radical (unpaired) electrons. The molecule has 2 rings (SSSR count). The molecule has 0 saturated carbocycles. The number of primary amides is 1. The summed E-state index contributed by atoms with van der Waals surface area (Å²) in [4.78, 5) is 15.1. The molecular formula is C15H17N3O2. The Morgan fingerprint density at radius 1 is 1.25 bits per heavy atom.